The molecule has 0 spiro atoms. The third-order valence-electron chi connectivity index (χ3n) is 2.91. The van der Waals surface area contributed by atoms with Crippen LogP contribution in [0.4, 0.5) is 14.7 Å². The Morgan fingerprint density at radius 3 is 2.67 bits per heavy atom. The lowest BCUT2D eigenvalue weighted by Gasteiger charge is -2.05. The molecule has 0 aliphatic carbocycles. The second-order valence-electron chi connectivity index (χ2n) is 4.23. The molecule has 0 aliphatic rings. The molecule has 0 saturated carbocycles. The van der Waals surface area contributed by atoms with Crippen molar-refractivity contribution in [1.29, 1.82) is 0 Å². The summed E-state index contributed by atoms with van der Waals surface area (Å²) in [5.74, 6) is -1.21. The van der Waals surface area contributed by atoms with Crippen LogP contribution in [-0.2, 0) is 0 Å². The van der Waals surface area contributed by atoms with Crippen LogP contribution < -0.4 is 5.73 Å². The van der Waals surface area contributed by atoms with Gasteiger partial charge < -0.3 is 10.3 Å². The summed E-state index contributed by atoms with van der Waals surface area (Å²) < 4.78 is 32.0. The van der Waals surface area contributed by atoms with Gasteiger partial charge in [0, 0.05) is 5.56 Å². The number of nitrogens with zero attached hydrogens (tertiary/aromatic N) is 2. The van der Waals surface area contributed by atoms with Crippen LogP contribution in [0.5, 0.6) is 0 Å². The fourth-order valence-corrected chi connectivity index (χ4v) is 2.13. The third kappa shape index (κ3) is 2.34. The molecule has 2 heterocycles. The van der Waals surface area contributed by atoms with E-state index in [1.54, 1.807) is 6.07 Å². The van der Waals surface area contributed by atoms with Crippen LogP contribution in [0.25, 0.3) is 22.5 Å². The van der Waals surface area contributed by atoms with Crippen molar-refractivity contribution in [2.45, 2.75) is 0 Å². The normalized spacial score (nSPS) is 10.8. The van der Waals surface area contributed by atoms with E-state index in [2.05, 4.69) is 10.1 Å². The first-order chi connectivity index (χ1) is 10.1. The van der Waals surface area contributed by atoms with E-state index in [0.29, 0.717) is 5.69 Å². The largest absolute Gasteiger partial charge is 0.367 e. The van der Waals surface area contributed by atoms with Gasteiger partial charge >= 0.3 is 0 Å². The first kappa shape index (κ1) is 13.5. The number of hydrogen-bond donors (Lipinski definition) is 1. The summed E-state index contributed by atoms with van der Waals surface area (Å²) in [5.41, 5.74) is 6.62. The summed E-state index contributed by atoms with van der Waals surface area (Å²) in [7, 11) is 0. The van der Waals surface area contributed by atoms with Crippen LogP contribution in [0.2, 0.25) is 5.02 Å². The Morgan fingerprint density at radius 1 is 1.14 bits per heavy atom. The lowest BCUT2D eigenvalue weighted by molar-refractivity contribution is 0.439. The predicted molar refractivity (Wildman–Crippen MR) is 74.5 cm³/mol. The number of benzene rings is 1. The van der Waals surface area contributed by atoms with Crippen molar-refractivity contribution in [2.24, 2.45) is 0 Å². The smallest absolute Gasteiger partial charge is 0.230 e. The van der Waals surface area contributed by atoms with Crippen LogP contribution in [0.3, 0.4) is 0 Å². The molecule has 0 saturated heterocycles. The maximum absolute atomic E-state index is 14.2. The summed E-state index contributed by atoms with van der Waals surface area (Å²) >= 11 is 5.77. The number of rotatable bonds is 2. The Balaban J connectivity index is 2.22. The fourth-order valence-electron chi connectivity index (χ4n) is 1.95. The van der Waals surface area contributed by atoms with Crippen LogP contribution >= 0.6 is 11.6 Å². The molecule has 0 atom stereocenters. The van der Waals surface area contributed by atoms with E-state index in [1.165, 1.54) is 24.3 Å². The zero-order valence-electron chi connectivity index (χ0n) is 10.5. The highest BCUT2D eigenvalue weighted by Crippen LogP contribution is 2.38. The Bertz CT molecular complexity index is 802. The number of nitrogens with two attached hydrogens (primary N) is 1. The maximum Gasteiger partial charge on any atom is 0.230 e. The Hall–Kier alpha value is -2.47. The minimum absolute atomic E-state index is 0.0499. The molecular formula is C14H8ClF2N3O. The molecule has 0 fully saturated rings. The summed E-state index contributed by atoms with van der Waals surface area (Å²) in [6, 6.07) is 7.11. The van der Waals surface area contributed by atoms with E-state index in [1.807, 2.05) is 0 Å². The molecule has 4 nitrogen and oxygen atoms in total. The molecule has 0 radical (unpaired) electrons. The van der Waals surface area contributed by atoms with Crippen molar-refractivity contribution in [2.75, 3.05) is 5.73 Å². The van der Waals surface area contributed by atoms with E-state index >= 15 is 0 Å². The van der Waals surface area contributed by atoms with Gasteiger partial charge in [-0.05, 0) is 18.2 Å². The van der Waals surface area contributed by atoms with Crippen molar-refractivity contribution in [1.82, 2.24) is 10.1 Å². The summed E-state index contributed by atoms with van der Waals surface area (Å²) in [4.78, 5) is 3.89. The fraction of sp³-hybridized carbons (Fsp3) is 0. The highest BCUT2D eigenvalue weighted by Gasteiger charge is 2.22. The molecule has 2 aromatic heterocycles. The minimum Gasteiger partial charge on any atom is -0.367 e. The van der Waals surface area contributed by atoms with Crippen molar-refractivity contribution in [3.63, 3.8) is 0 Å². The van der Waals surface area contributed by atoms with Crippen molar-refractivity contribution in [3.8, 4) is 22.5 Å². The Morgan fingerprint density at radius 2 is 1.95 bits per heavy atom. The standard InChI is InChI=1S/C14H8ClF2N3O/c15-9-3-1-2-8(12(9)17)11-13(20-21-14(11)18)10-5-4-7(16)6-19-10/h1-6H,18H2. The lowest BCUT2D eigenvalue weighted by atomic mass is 10.0. The average molecular weight is 308 g/mol. The third-order valence-corrected chi connectivity index (χ3v) is 3.20. The van der Waals surface area contributed by atoms with Gasteiger partial charge in [-0.1, -0.05) is 28.9 Å². The van der Waals surface area contributed by atoms with E-state index in [0.717, 1.165) is 6.20 Å². The van der Waals surface area contributed by atoms with Gasteiger partial charge in [0.25, 0.3) is 0 Å². The van der Waals surface area contributed by atoms with Crippen LogP contribution in [-0.4, -0.2) is 10.1 Å². The number of pyridine rings is 1. The van der Waals surface area contributed by atoms with Gasteiger partial charge in [0.05, 0.1) is 22.5 Å². The number of aromatic nitrogens is 2. The SMILES string of the molecule is Nc1onc(-c2ccc(F)cn2)c1-c1cccc(Cl)c1F. The minimum atomic E-state index is -0.641. The molecule has 3 rings (SSSR count). The molecule has 0 aliphatic heterocycles. The molecule has 21 heavy (non-hydrogen) atoms. The summed E-state index contributed by atoms with van der Waals surface area (Å²) in [6.45, 7) is 0. The van der Waals surface area contributed by atoms with Crippen molar-refractivity contribution >= 4 is 17.5 Å². The number of halogens is 3. The highest BCUT2D eigenvalue weighted by molar-refractivity contribution is 6.31. The van der Waals surface area contributed by atoms with Crippen molar-refractivity contribution in [3.05, 3.63) is 53.2 Å². The lowest BCUT2D eigenvalue weighted by Crippen LogP contribution is -1.93. The van der Waals surface area contributed by atoms with Gasteiger partial charge in [-0.2, -0.15) is 0 Å². The van der Waals surface area contributed by atoms with Gasteiger partial charge in [-0.25, -0.2) is 8.78 Å². The second kappa shape index (κ2) is 5.14. The monoisotopic (exact) mass is 307 g/mol. The highest BCUT2D eigenvalue weighted by atomic mass is 35.5. The molecule has 0 amide bonds. The predicted octanol–water partition coefficient (Wildman–Crippen LogP) is 3.92. The Labute approximate surface area is 123 Å². The molecule has 0 bridgehead atoms. The maximum atomic E-state index is 14.2. The molecule has 1 aromatic carbocycles. The number of nitrogen functional groups attached to an aromatic ring is 1. The van der Waals surface area contributed by atoms with E-state index in [9.17, 15) is 8.78 Å². The van der Waals surface area contributed by atoms with E-state index in [4.69, 9.17) is 21.9 Å². The van der Waals surface area contributed by atoms with Gasteiger partial charge in [0.2, 0.25) is 5.88 Å². The van der Waals surface area contributed by atoms with Crippen LogP contribution in [0, 0.1) is 11.6 Å². The molecule has 0 unspecified atom stereocenters. The molecule has 106 valence electrons. The molecule has 3 aromatic rings. The number of hydrogen-bond acceptors (Lipinski definition) is 4. The van der Waals surface area contributed by atoms with Gasteiger partial charge in [0.1, 0.15) is 17.3 Å². The second-order valence-corrected chi connectivity index (χ2v) is 4.64. The van der Waals surface area contributed by atoms with Gasteiger partial charge in [0.15, 0.2) is 0 Å². The van der Waals surface area contributed by atoms with Crippen LogP contribution in [0.1, 0.15) is 0 Å². The molecule has 2 N–H and O–H groups in total. The van der Waals surface area contributed by atoms with E-state index < -0.39 is 11.6 Å². The molecule has 7 heteroatoms. The van der Waals surface area contributed by atoms with E-state index in [-0.39, 0.29) is 27.7 Å². The topological polar surface area (TPSA) is 64.9 Å². The Kier molecular flexibility index (Phi) is 3.31. The summed E-state index contributed by atoms with van der Waals surface area (Å²) in [6.07, 6.45) is 1.03. The zero-order valence-corrected chi connectivity index (χ0v) is 11.2. The van der Waals surface area contributed by atoms with Gasteiger partial charge in [-0.3, -0.25) is 4.98 Å². The first-order valence-corrected chi connectivity index (χ1v) is 6.27. The quantitative estimate of drug-likeness (QED) is 0.779. The molecular weight excluding hydrogens is 300 g/mol. The first-order valence-electron chi connectivity index (χ1n) is 5.89. The van der Waals surface area contributed by atoms with Crippen LogP contribution in [0.15, 0.2) is 41.1 Å². The average Bonchev–Trinajstić information content (AvgIpc) is 2.85. The summed E-state index contributed by atoms with van der Waals surface area (Å²) in [5, 5.41) is 3.72. The zero-order chi connectivity index (χ0) is 15.0. The van der Waals surface area contributed by atoms with Crippen molar-refractivity contribution < 1.29 is 13.3 Å². The number of anilines is 1. The van der Waals surface area contributed by atoms with Gasteiger partial charge in [-0.15, -0.1) is 0 Å².